The summed E-state index contributed by atoms with van der Waals surface area (Å²) >= 11 is 0. The molecule has 0 saturated heterocycles. The minimum absolute atomic E-state index is 0.457. The van der Waals surface area contributed by atoms with E-state index in [-0.39, 0.29) is 0 Å². The Kier molecular flexibility index (Phi) is 1.40. The van der Waals surface area contributed by atoms with Crippen LogP contribution in [0.5, 0.6) is 0 Å². The first-order valence-electron chi connectivity index (χ1n) is 4.17. The first-order valence-corrected chi connectivity index (χ1v) is 4.17. The van der Waals surface area contributed by atoms with E-state index in [9.17, 15) is 0 Å². The molecule has 0 aliphatic heterocycles. The van der Waals surface area contributed by atoms with E-state index in [4.69, 9.17) is 0 Å². The lowest BCUT2D eigenvalue weighted by molar-refractivity contribution is 0.410. The van der Waals surface area contributed by atoms with Gasteiger partial charge in [0, 0.05) is 5.41 Å². The molecule has 0 N–H and O–H groups in total. The van der Waals surface area contributed by atoms with Crippen molar-refractivity contribution >= 4 is 0 Å². The minimum Gasteiger partial charge on any atom is -0.0877 e. The molecule has 0 nitrogen and oxygen atoms in total. The summed E-state index contributed by atoms with van der Waals surface area (Å²) in [5.74, 6) is 0. The Morgan fingerprint density at radius 1 is 1.30 bits per heavy atom. The summed E-state index contributed by atoms with van der Waals surface area (Å²) in [5, 5.41) is 0. The molecule has 1 spiro atoms. The highest BCUT2D eigenvalue weighted by molar-refractivity contribution is 5.16. The van der Waals surface area contributed by atoms with Gasteiger partial charge >= 0.3 is 0 Å². The Hall–Kier alpha value is -0.520. The molecule has 0 fully saturated rings. The summed E-state index contributed by atoms with van der Waals surface area (Å²) in [6.07, 6.45) is 16.8. The summed E-state index contributed by atoms with van der Waals surface area (Å²) in [4.78, 5) is 0. The second kappa shape index (κ2) is 2.26. The molecule has 53 valence electrons. The van der Waals surface area contributed by atoms with Crippen molar-refractivity contribution in [2.75, 3.05) is 0 Å². The average molecular weight is 133 g/mol. The van der Waals surface area contributed by atoms with Crippen LogP contribution in [0.4, 0.5) is 0 Å². The molecule has 0 aromatic rings. The van der Waals surface area contributed by atoms with Crippen molar-refractivity contribution in [3.63, 3.8) is 0 Å². The maximum atomic E-state index is 3.31. The van der Waals surface area contributed by atoms with Crippen LogP contribution in [-0.4, -0.2) is 0 Å². The van der Waals surface area contributed by atoms with Gasteiger partial charge in [-0.1, -0.05) is 18.2 Å². The highest BCUT2D eigenvalue weighted by Crippen LogP contribution is 2.40. The highest BCUT2D eigenvalue weighted by atomic mass is 14.3. The van der Waals surface area contributed by atoms with Gasteiger partial charge in [-0.2, -0.15) is 0 Å². The Labute approximate surface area is 62.6 Å². The van der Waals surface area contributed by atoms with Crippen LogP contribution in [0.15, 0.2) is 18.2 Å². The van der Waals surface area contributed by atoms with Gasteiger partial charge in [0.1, 0.15) is 0 Å². The number of hydrogen-bond donors (Lipinski definition) is 0. The lowest BCUT2D eigenvalue weighted by Crippen LogP contribution is -2.13. The lowest BCUT2D eigenvalue weighted by atomic mass is 9.79. The standard InChI is InChI=1S/C10H13/c1-2-6-10(7-3-1)8-4-5-9-10/h2,6,9H,1,3-4,7-8H2. The molecular weight excluding hydrogens is 120 g/mol. The van der Waals surface area contributed by atoms with Gasteiger partial charge in [-0.15, -0.1) is 0 Å². The summed E-state index contributed by atoms with van der Waals surface area (Å²) in [5.41, 5.74) is 0.457. The van der Waals surface area contributed by atoms with E-state index in [2.05, 4.69) is 24.3 Å². The molecular formula is C10H13. The SMILES string of the molecule is [C]1=CC2(C=CCCC2)CC1. The van der Waals surface area contributed by atoms with Gasteiger partial charge in [0.25, 0.3) is 0 Å². The molecule has 1 radical (unpaired) electrons. The summed E-state index contributed by atoms with van der Waals surface area (Å²) in [6, 6.07) is 0. The molecule has 0 aromatic heterocycles. The monoisotopic (exact) mass is 133 g/mol. The van der Waals surface area contributed by atoms with Crippen molar-refractivity contribution < 1.29 is 0 Å². The van der Waals surface area contributed by atoms with Crippen LogP contribution >= 0.6 is 0 Å². The van der Waals surface area contributed by atoms with Crippen molar-refractivity contribution in [2.24, 2.45) is 5.41 Å². The van der Waals surface area contributed by atoms with Crippen molar-refractivity contribution in [3.05, 3.63) is 24.3 Å². The zero-order valence-corrected chi connectivity index (χ0v) is 6.27. The zero-order chi connectivity index (χ0) is 6.86. The fraction of sp³-hybridized carbons (Fsp3) is 0.600. The van der Waals surface area contributed by atoms with Crippen LogP contribution in [0.3, 0.4) is 0 Å². The number of hydrogen-bond acceptors (Lipinski definition) is 0. The van der Waals surface area contributed by atoms with Gasteiger partial charge in [0.2, 0.25) is 0 Å². The second-order valence-corrected chi connectivity index (χ2v) is 3.38. The van der Waals surface area contributed by atoms with Crippen molar-refractivity contribution in [2.45, 2.75) is 32.1 Å². The first kappa shape index (κ1) is 6.21. The molecule has 1 atom stereocenters. The third kappa shape index (κ3) is 0.920. The van der Waals surface area contributed by atoms with E-state index in [0.717, 1.165) is 0 Å². The predicted octanol–water partition coefficient (Wildman–Crippen LogP) is 2.87. The van der Waals surface area contributed by atoms with Gasteiger partial charge in [-0.3, -0.25) is 0 Å². The Bertz CT molecular complexity index is 176. The molecule has 0 saturated carbocycles. The third-order valence-electron chi connectivity index (χ3n) is 2.59. The Balaban J connectivity index is 2.20. The van der Waals surface area contributed by atoms with Gasteiger partial charge in [-0.25, -0.2) is 0 Å². The van der Waals surface area contributed by atoms with E-state index < -0.39 is 0 Å². The van der Waals surface area contributed by atoms with Crippen molar-refractivity contribution in [3.8, 4) is 0 Å². The molecule has 10 heavy (non-hydrogen) atoms. The van der Waals surface area contributed by atoms with E-state index >= 15 is 0 Å². The fourth-order valence-corrected chi connectivity index (χ4v) is 1.93. The fourth-order valence-electron chi connectivity index (χ4n) is 1.93. The molecule has 0 heteroatoms. The van der Waals surface area contributed by atoms with Crippen LogP contribution in [0.2, 0.25) is 0 Å². The van der Waals surface area contributed by atoms with Crippen LogP contribution < -0.4 is 0 Å². The van der Waals surface area contributed by atoms with Gasteiger partial charge < -0.3 is 0 Å². The lowest BCUT2D eigenvalue weighted by Gasteiger charge is -2.26. The average Bonchev–Trinajstić information content (AvgIpc) is 2.39. The predicted molar refractivity (Wildman–Crippen MR) is 42.5 cm³/mol. The van der Waals surface area contributed by atoms with E-state index in [1.807, 2.05) is 0 Å². The Morgan fingerprint density at radius 3 is 2.90 bits per heavy atom. The molecule has 0 aromatic carbocycles. The molecule has 2 aliphatic carbocycles. The second-order valence-electron chi connectivity index (χ2n) is 3.38. The largest absolute Gasteiger partial charge is 0.0877 e. The summed E-state index contributed by atoms with van der Waals surface area (Å²) in [6.45, 7) is 0. The van der Waals surface area contributed by atoms with Crippen LogP contribution in [0, 0.1) is 11.5 Å². The van der Waals surface area contributed by atoms with Crippen LogP contribution in [0.25, 0.3) is 0 Å². The van der Waals surface area contributed by atoms with Crippen LogP contribution in [-0.2, 0) is 0 Å². The van der Waals surface area contributed by atoms with Crippen molar-refractivity contribution in [1.29, 1.82) is 0 Å². The summed E-state index contributed by atoms with van der Waals surface area (Å²) < 4.78 is 0. The highest BCUT2D eigenvalue weighted by Gasteiger charge is 2.27. The first-order chi connectivity index (χ1) is 4.91. The molecule has 0 amide bonds. The van der Waals surface area contributed by atoms with E-state index in [1.165, 1.54) is 32.1 Å². The normalized spacial score (nSPS) is 37.6. The van der Waals surface area contributed by atoms with Gasteiger partial charge in [0.15, 0.2) is 0 Å². The third-order valence-corrected chi connectivity index (χ3v) is 2.59. The topological polar surface area (TPSA) is 0 Å². The quantitative estimate of drug-likeness (QED) is 0.446. The van der Waals surface area contributed by atoms with E-state index in [1.54, 1.807) is 0 Å². The maximum Gasteiger partial charge on any atom is 0.00701 e. The van der Waals surface area contributed by atoms with Gasteiger partial charge in [0.05, 0.1) is 0 Å². The van der Waals surface area contributed by atoms with E-state index in [0.29, 0.717) is 5.41 Å². The van der Waals surface area contributed by atoms with Gasteiger partial charge in [-0.05, 0) is 38.2 Å². The smallest absolute Gasteiger partial charge is 0.00701 e. The molecule has 2 rings (SSSR count). The number of rotatable bonds is 0. The Morgan fingerprint density at radius 2 is 2.30 bits per heavy atom. The zero-order valence-electron chi connectivity index (χ0n) is 6.27. The molecule has 2 aliphatic rings. The number of allylic oxidation sites excluding steroid dienone is 4. The summed E-state index contributed by atoms with van der Waals surface area (Å²) in [7, 11) is 0. The minimum atomic E-state index is 0.457. The van der Waals surface area contributed by atoms with Crippen molar-refractivity contribution in [1.82, 2.24) is 0 Å². The maximum absolute atomic E-state index is 3.31. The molecule has 0 bridgehead atoms. The van der Waals surface area contributed by atoms with Crippen LogP contribution in [0.1, 0.15) is 32.1 Å². The molecule has 1 unspecified atom stereocenters. The molecule has 0 heterocycles.